The average Bonchev–Trinajstić information content (AvgIpc) is 3.24. The van der Waals surface area contributed by atoms with E-state index in [1.54, 1.807) is 11.1 Å². The van der Waals surface area contributed by atoms with E-state index in [-0.39, 0.29) is 17.8 Å². The summed E-state index contributed by atoms with van der Waals surface area (Å²) >= 11 is 0. The summed E-state index contributed by atoms with van der Waals surface area (Å²) in [5, 5.41) is 0. The first-order valence-electron chi connectivity index (χ1n) is 8.04. The maximum absolute atomic E-state index is 12.5. The Labute approximate surface area is 135 Å². The maximum atomic E-state index is 12.5. The molecule has 0 bridgehead atoms. The van der Waals surface area contributed by atoms with Crippen molar-refractivity contribution in [3.8, 4) is 0 Å². The summed E-state index contributed by atoms with van der Waals surface area (Å²) in [6.07, 6.45) is 4.91. The van der Waals surface area contributed by atoms with E-state index in [4.69, 9.17) is 9.47 Å². The van der Waals surface area contributed by atoms with Gasteiger partial charge in [-0.25, -0.2) is 4.98 Å². The number of methoxy groups -OCH3 is 1. The Balaban J connectivity index is 1.62. The molecule has 0 radical (unpaired) electrons. The van der Waals surface area contributed by atoms with Crippen molar-refractivity contribution < 1.29 is 19.1 Å². The zero-order valence-corrected chi connectivity index (χ0v) is 13.7. The molecule has 2 fully saturated rings. The van der Waals surface area contributed by atoms with Crippen molar-refractivity contribution in [2.75, 3.05) is 33.4 Å². The molecule has 1 aromatic heterocycles. The maximum Gasteiger partial charge on any atom is 0.316 e. The molecule has 2 atom stereocenters. The smallest absolute Gasteiger partial charge is 0.316 e. The zero-order chi connectivity index (χ0) is 16.4. The number of hydrogen-bond acceptors (Lipinski definition) is 5. The van der Waals surface area contributed by atoms with Crippen LogP contribution in [0.15, 0.2) is 12.4 Å². The summed E-state index contributed by atoms with van der Waals surface area (Å²) in [5.74, 6) is 0.825. The molecule has 3 rings (SSSR count). The summed E-state index contributed by atoms with van der Waals surface area (Å²) in [7, 11) is 1.39. The third-order valence-electron chi connectivity index (χ3n) is 5.00. The van der Waals surface area contributed by atoms with Gasteiger partial charge in [0.05, 0.1) is 20.3 Å². The Morgan fingerprint density at radius 1 is 1.52 bits per heavy atom. The first-order valence-corrected chi connectivity index (χ1v) is 8.04. The molecule has 7 heteroatoms. The van der Waals surface area contributed by atoms with Crippen molar-refractivity contribution >= 4 is 11.9 Å². The highest BCUT2D eigenvalue weighted by Crippen LogP contribution is 2.42. The number of nitrogens with zero attached hydrogens (tertiary/aromatic N) is 3. The number of rotatable bonds is 5. The number of esters is 1. The molecular weight excluding hydrogens is 298 g/mol. The predicted molar refractivity (Wildman–Crippen MR) is 81.6 cm³/mol. The molecule has 3 heterocycles. The number of likely N-dealkylation sites (tertiary alicyclic amines) is 1. The van der Waals surface area contributed by atoms with Crippen molar-refractivity contribution in [1.82, 2.24) is 14.5 Å². The van der Waals surface area contributed by atoms with Crippen LogP contribution in [0, 0.1) is 11.3 Å². The van der Waals surface area contributed by atoms with Crippen LogP contribution in [0.5, 0.6) is 0 Å². The van der Waals surface area contributed by atoms with Crippen LogP contribution in [0.1, 0.15) is 19.2 Å². The topological polar surface area (TPSA) is 73.7 Å². The van der Waals surface area contributed by atoms with Crippen molar-refractivity contribution in [3.63, 3.8) is 0 Å². The number of aromatic nitrogens is 2. The highest BCUT2D eigenvalue weighted by molar-refractivity contribution is 5.82. The van der Waals surface area contributed by atoms with Gasteiger partial charge in [0.15, 0.2) is 0 Å². The highest BCUT2D eigenvalue weighted by atomic mass is 16.5. The lowest BCUT2D eigenvalue weighted by Crippen LogP contribution is -2.41. The third kappa shape index (κ3) is 2.73. The van der Waals surface area contributed by atoms with E-state index < -0.39 is 5.41 Å². The van der Waals surface area contributed by atoms with Gasteiger partial charge in [0.2, 0.25) is 5.91 Å². The van der Waals surface area contributed by atoms with Crippen LogP contribution in [0.2, 0.25) is 0 Å². The Bertz CT molecular complexity index is 600. The van der Waals surface area contributed by atoms with Gasteiger partial charge in [0, 0.05) is 50.8 Å². The molecule has 0 saturated carbocycles. The Hall–Kier alpha value is -1.89. The van der Waals surface area contributed by atoms with Crippen LogP contribution in [-0.4, -0.2) is 59.7 Å². The zero-order valence-electron chi connectivity index (χ0n) is 13.7. The molecule has 0 aliphatic carbocycles. The van der Waals surface area contributed by atoms with Gasteiger partial charge in [-0.2, -0.15) is 0 Å². The number of amides is 1. The fraction of sp³-hybridized carbons (Fsp3) is 0.688. The van der Waals surface area contributed by atoms with Gasteiger partial charge in [-0.15, -0.1) is 0 Å². The summed E-state index contributed by atoms with van der Waals surface area (Å²) in [6.45, 7) is 4.48. The standard InChI is InChI=1S/C16H23N3O4/c1-3-13-17-5-7-18(13)6-4-14(20)19-8-12-9-23-11-16(12,10-19)15(21)22-2/h5,7,12H,3-4,6,8-11H2,1-2H3/t12-,16-/m0/s1. The number of fused-ring (bicyclic) bond motifs is 1. The number of imidazole rings is 1. The van der Waals surface area contributed by atoms with Gasteiger partial charge in [0.1, 0.15) is 11.2 Å². The average molecular weight is 321 g/mol. The molecule has 2 aliphatic rings. The van der Waals surface area contributed by atoms with Crippen LogP contribution >= 0.6 is 0 Å². The molecule has 7 nitrogen and oxygen atoms in total. The van der Waals surface area contributed by atoms with Gasteiger partial charge >= 0.3 is 5.97 Å². The Morgan fingerprint density at radius 2 is 2.35 bits per heavy atom. The molecule has 23 heavy (non-hydrogen) atoms. The highest BCUT2D eigenvalue weighted by Gasteiger charge is 2.57. The fourth-order valence-electron chi connectivity index (χ4n) is 3.65. The van der Waals surface area contributed by atoms with Crippen LogP contribution in [0.3, 0.4) is 0 Å². The van der Waals surface area contributed by atoms with E-state index in [1.165, 1.54) is 7.11 Å². The van der Waals surface area contributed by atoms with Crippen LogP contribution in [0.25, 0.3) is 0 Å². The van der Waals surface area contributed by atoms with Crippen molar-refractivity contribution in [1.29, 1.82) is 0 Å². The number of carbonyl (C=O) groups is 2. The lowest BCUT2D eigenvalue weighted by atomic mass is 9.81. The Kier molecular flexibility index (Phi) is 4.39. The molecule has 1 amide bonds. The quantitative estimate of drug-likeness (QED) is 0.738. The first kappa shape index (κ1) is 16.0. The van der Waals surface area contributed by atoms with Gasteiger partial charge in [-0.1, -0.05) is 6.92 Å². The SMILES string of the molecule is CCc1nccn1CCC(=O)N1C[C@H]2COC[C@@]2(C(=O)OC)C1. The minimum atomic E-state index is -0.673. The largest absolute Gasteiger partial charge is 0.468 e. The minimum Gasteiger partial charge on any atom is -0.468 e. The molecule has 1 aromatic rings. The fourth-order valence-corrected chi connectivity index (χ4v) is 3.65. The van der Waals surface area contributed by atoms with Gasteiger partial charge < -0.3 is 18.9 Å². The van der Waals surface area contributed by atoms with Gasteiger partial charge in [0.25, 0.3) is 0 Å². The van der Waals surface area contributed by atoms with E-state index in [9.17, 15) is 9.59 Å². The second-order valence-electron chi connectivity index (χ2n) is 6.27. The second-order valence-corrected chi connectivity index (χ2v) is 6.27. The summed E-state index contributed by atoms with van der Waals surface area (Å²) in [6, 6.07) is 0. The van der Waals surface area contributed by atoms with Gasteiger partial charge in [-0.05, 0) is 0 Å². The Morgan fingerprint density at radius 3 is 3.09 bits per heavy atom. The summed E-state index contributed by atoms with van der Waals surface area (Å²) in [4.78, 5) is 30.7. The molecule has 0 unspecified atom stereocenters. The van der Waals surface area contributed by atoms with E-state index in [1.807, 2.05) is 17.7 Å². The molecule has 0 aromatic carbocycles. The van der Waals surface area contributed by atoms with E-state index in [2.05, 4.69) is 4.98 Å². The minimum absolute atomic E-state index is 0.0401. The monoisotopic (exact) mass is 321 g/mol. The molecule has 0 N–H and O–H groups in total. The van der Waals surface area contributed by atoms with Crippen molar-refractivity contribution in [2.24, 2.45) is 11.3 Å². The molecule has 126 valence electrons. The molecule has 2 saturated heterocycles. The van der Waals surface area contributed by atoms with Crippen LogP contribution in [-0.2, 0) is 32.0 Å². The number of carbonyl (C=O) groups excluding carboxylic acids is 2. The molecular formula is C16H23N3O4. The lowest BCUT2D eigenvalue weighted by molar-refractivity contribution is -0.153. The first-order chi connectivity index (χ1) is 11.1. The van der Waals surface area contributed by atoms with Crippen LogP contribution < -0.4 is 0 Å². The van der Waals surface area contributed by atoms with E-state index in [0.29, 0.717) is 39.3 Å². The predicted octanol–water partition coefficient (Wildman–Crippen LogP) is 0.484. The van der Waals surface area contributed by atoms with E-state index >= 15 is 0 Å². The number of ether oxygens (including phenoxy) is 2. The lowest BCUT2D eigenvalue weighted by Gasteiger charge is -2.23. The summed E-state index contributed by atoms with van der Waals surface area (Å²) < 4.78 is 12.4. The second kappa shape index (κ2) is 6.31. The molecule has 0 spiro atoms. The normalized spacial score (nSPS) is 26.3. The van der Waals surface area contributed by atoms with Gasteiger partial charge in [-0.3, -0.25) is 9.59 Å². The van der Waals surface area contributed by atoms with Crippen molar-refractivity contribution in [3.05, 3.63) is 18.2 Å². The number of aryl methyl sites for hydroxylation is 2. The summed E-state index contributed by atoms with van der Waals surface area (Å²) in [5.41, 5.74) is -0.673. The molecule has 2 aliphatic heterocycles. The van der Waals surface area contributed by atoms with Crippen LogP contribution in [0.4, 0.5) is 0 Å². The third-order valence-corrected chi connectivity index (χ3v) is 5.00. The number of hydrogen-bond donors (Lipinski definition) is 0. The van der Waals surface area contributed by atoms with Crippen molar-refractivity contribution in [2.45, 2.75) is 26.3 Å². The van der Waals surface area contributed by atoms with E-state index in [0.717, 1.165) is 12.2 Å².